The number of nitriles is 1. The largest absolute Gasteiger partial charge is 0.384 e. The van der Waals surface area contributed by atoms with Gasteiger partial charge in [-0.3, -0.25) is 19.1 Å². The first-order valence-electron chi connectivity index (χ1n) is 5.35. The summed E-state index contributed by atoms with van der Waals surface area (Å²) in [5.74, 6) is -2.69. The molecule has 1 aromatic heterocycles. The van der Waals surface area contributed by atoms with Crippen LogP contribution < -0.4 is 11.2 Å². The number of alkyl halides is 2. The Balaban J connectivity index is 2.65. The quantitative estimate of drug-likeness (QED) is 0.415. The van der Waals surface area contributed by atoms with Gasteiger partial charge in [-0.1, -0.05) is 22.6 Å². The number of aromatic amines is 1. The zero-order chi connectivity index (χ0) is 15.1. The van der Waals surface area contributed by atoms with E-state index in [-0.39, 0.29) is 4.43 Å². The molecule has 0 spiro atoms. The number of rotatable bonds is 2. The Hall–Kier alpha value is -1.29. The van der Waals surface area contributed by atoms with Gasteiger partial charge in [0, 0.05) is 12.3 Å². The number of nitrogens with zero attached hydrogens (tertiary/aromatic N) is 2. The van der Waals surface area contributed by atoms with Crippen molar-refractivity contribution in [1.82, 2.24) is 9.55 Å². The van der Waals surface area contributed by atoms with Gasteiger partial charge in [-0.15, -0.1) is 0 Å². The lowest BCUT2D eigenvalue weighted by Crippen LogP contribution is -2.50. The van der Waals surface area contributed by atoms with Gasteiger partial charge < -0.3 is 10.2 Å². The van der Waals surface area contributed by atoms with E-state index in [2.05, 4.69) is 0 Å². The van der Waals surface area contributed by atoms with Crippen LogP contribution in [0.4, 0.5) is 4.39 Å². The summed E-state index contributed by atoms with van der Waals surface area (Å²) in [7, 11) is 0. The molecular formula is C10H9FIN3O5. The minimum atomic E-state index is -2.69. The monoisotopic (exact) mass is 397 g/mol. The maximum absolute atomic E-state index is 14.3. The smallest absolute Gasteiger partial charge is 0.331 e. The van der Waals surface area contributed by atoms with Crippen LogP contribution >= 0.6 is 22.6 Å². The second kappa shape index (κ2) is 4.92. The average Bonchev–Trinajstić information content (AvgIpc) is 2.62. The van der Waals surface area contributed by atoms with E-state index in [4.69, 9.17) is 4.74 Å². The first-order valence-corrected chi connectivity index (χ1v) is 6.88. The van der Waals surface area contributed by atoms with Crippen LogP contribution in [0.1, 0.15) is 0 Å². The van der Waals surface area contributed by atoms with Crippen LogP contribution in [0.15, 0.2) is 21.9 Å². The minimum absolute atomic E-state index is 0.371. The fraction of sp³-hybridized carbons (Fsp3) is 0.500. The summed E-state index contributed by atoms with van der Waals surface area (Å²) in [6.45, 7) is 0. The molecule has 4 atom stereocenters. The molecule has 3 N–H and O–H groups in total. The highest BCUT2D eigenvalue weighted by molar-refractivity contribution is 14.1. The van der Waals surface area contributed by atoms with Gasteiger partial charge in [0.05, 0.1) is 4.43 Å². The van der Waals surface area contributed by atoms with Gasteiger partial charge in [-0.2, -0.15) is 5.26 Å². The maximum atomic E-state index is 14.3. The van der Waals surface area contributed by atoms with Gasteiger partial charge >= 0.3 is 5.69 Å². The number of nitrogens with one attached hydrogen (secondary N) is 1. The Kier molecular flexibility index (Phi) is 3.71. The Labute approximate surface area is 124 Å². The molecule has 1 unspecified atom stereocenters. The third-order valence-corrected chi connectivity index (χ3v) is 4.03. The second-order valence-corrected chi connectivity index (χ2v) is 4.96. The highest BCUT2D eigenvalue weighted by Crippen LogP contribution is 2.42. The lowest BCUT2D eigenvalue weighted by Gasteiger charge is -2.26. The van der Waals surface area contributed by atoms with Crippen molar-refractivity contribution in [3.05, 3.63) is 33.1 Å². The summed E-state index contributed by atoms with van der Waals surface area (Å²) in [5.41, 5.74) is -4.25. The third-order valence-electron chi connectivity index (χ3n) is 2.99. The number of aliphatic hydroxyl groups excluding tert-OH is 2. The standard InChI is InChI=1S/C10H9FIN3O5/c11-9(3-12)6(17)7(18)10(4-13,20-9)15-2-1-5(16)14-8(15)19/h1-2,6-7,17-18H,3H2,(H,14,16,19)/t6?,7-,9+,10+/m0/s1. The topological polar surface area (TPSA) is 128 Å². The van der Waals surface area contributed by atoms with Crippen molar-refractivity contribution in [3.63, 3.8) is 0 Å². The van der Waals surface area contributed by atoms with E-state index in [9.17, 15) is 29.5 Å². The van der Waals surface area contributed by atoms with E-state index in [0.717, 1.165) is 12.3 Å². The van der Waals surface area contributed by atoms with Crippen LogP contribution in [0, 0.1) is 11.3 Å². The zero-order valence-electron chi connectivity index (χ0n) is 9.79. The van der Waals surface area contributed by atoms with Crippen molar-refractivity contribution >= 4 is 22.6 Å². The van der Waals surface area contributed by atoms with E-state index < -0.39 is 35.0 Å². The van der Waals surface area contributed by atoms with Crippen molar-refractivity contribution in [2.24, 2.45) is 0 Å². The van der Waals surface area contributed by atoms with Gasteiger partial charge in [-0.25, -0.2) is 9.18 Å². The molecule has 0 aromatic carbocycles. The number of halogens is 2. The Morgan fingerprint density at radius 1 is 1.55 bits per heavy atom. The molecule has 0 amide bonds. The van der Waals surface area contributed by atoms with Crippen LogP contribution in [0.2, 0.25) is 0 Å². The van der Waals surface area contributed by atoms with Crippen molar-refractivity contribution in [1.29, 1.82) is 5.26 Å². The predicted octanol–water partition coefficient (Wildman–Crippen LogP) is -1.43. The molecule has 8 nitrogen and oxygen atoms in total. The van der Waals surface area contributed by atoms with Crippen LogP contribution in [0.3, 0.4) is 0 Å². The van der Waals surface area contributed by atoms with Crippen LogP contribution in [0.5, 0.6) is 0 Å². The van der Waals surface area contributed by atoms with Gasteiger partial charge in [0.1, 0.15) is 18.3 Å². The first kappa shape index (κ1) is 15.1. The summed E-state index contributed by atoms with van der Waals surface area (Å²) in [6, 6.07) is 2.40. The van der Waals surface area contributed by atoms with Crippen LogP contribution in [0.25, 0.3) is 0 Å². The molecule has 2 heterocycles. The molecule has 0 aliphatic carbocycles. The SMILES string of the molecule is N#C[C@@]1(n2ccc(=O)[nH]c2=O)O[C@](F)(CI)C(O)[C@@H]1O. The van der Waals surface area contributed by atoms with Gasteiger partial charge in [0.2, 0.25) is 5.85 Å². The third kappa shape index (κ3) is 1.97. The Morgan fingerprint density at radius 2 is 2.20 bits per heavy atom. The number of hydrogen-bond donors (Lipinski definition) is 3. The van der Waals surface area contributed by atoms with Gasteiger partial charge in [-0.05, 0) is 0 Å². The normalized spacial score (nSPS) is 36.8. The molecule has 1 saturated heterocycles. The lowest BCUT2D eigenvalue weighted by atomic mass is 10.0. The number of hydrogen-bond acceptors (Lipinski definition) is 6. The fourth-order valence-corrected chi connectivity index (χ4v) is 2.56. The molecule has 20 heavy (non-hydrogen) atoms. The Bertz CT molecular complexity index is 684. The predicted molar refractivity (Wildman–Crippen MR) is 70.7 cm³/mol. The molecule has 10 heteroatoms. The fourth-order valence-electron chi connectivity index (χ4n) is 1.95. The van der Waals surface area contributed by atoms with Crippen molar-refractivity contribution < 1.29 is 19.3 Å². The molecule has 1 aromatic rings. The molecule has 1 aliphatic heterocycles. The first-order chi connectivity index (χ1) is 9.30. The highest BCUT2D eigenvalue weighted by Gasteiger charge is 2.65. The van der Waals surface area contributed by atoms with E-state index in [0.29, 0.717) is 4.57 Å². The number of aliphatic hydroxyl groups is 2. The van der Waals surface area contributed by atoms with Gasteiger partial charge in [0.15, 0.2) is 0 Å². The molecular weight excluding hydrogens is 388 g/mol. The molecule has 0 saturated carbocycles. The number of ether oxygens (including phenoxy) is 1. The molecule has 1 fully saturated rings. The zero-order valence-corrected chi connectivity index (χ0v) is 11.9. The Morgan fingerprint density at radius 3 is 2.65 bits per heavy atom. The van der Waals surface area contributed by atoms with Gasteiger partial charge in [0.25, 0.3) is 11.3 Å². The second-order valence-electron chi connectivity index (χ2n) is 4.20. The van der Waals surface area contributed by atoms with E-state index in [1.165, 1.54) is 6.07 Å². The van der Waals surface area contributed by atoms with Crippen molar-refractivity contribution in [2.75, 3.05) is 4.43 Å². The van der Waals surface area contributed by atoms with E-state index >= 15 is 0 Å². The molecule has 0 bridgehead atoms. The summed E-state index contributed by atoms with van der Waals surface area (Å²) >= 11 is 1.57. The summed E-state index contributed by atoms with van der Waals surface area (Å²) in [5, 5.41) is 28.8. The molecule has 108 valence electrons. The minimum Gasteiger partial charge on any atom is -0.384 e. The number of H-pyrrole nitrogens is 1. The highest BCUT2D eigenvalue weighted by atomic mass is 127. The van der Waals surface area contributed by atoms with E-state index in [1.54, 1.807) is 22.6 Å². The summed E-state index contributed by atoms with van der Waals surface area (Å²) in [4.78, 5) is 24.6. The average molecular weight is 397 g/mol. The summed E-state index contributed by atoms with van der Waals surface area (Å²) in [6.07, 6.45) is -3.13. The van der Waals surface area contributed by atoms with E-state index in [1.807, 2.05) is 4.98 Å². The van der Waals surface area contributed by atoms with Crippen LogP contribution in [-0.4, -0.2) is 42.3 Å². The maximum Gasteiger partial charge on any atom is 0.331 e. The molecule has 0 radical (unpaired) electrons. The summed E-state index contributed by atoms with van der Waals surface area (Å²) < 4.78 is 19.3. The molecule has 1 aliphatic rings. The van der Waals surface area contributed by atoms with Crippen molar-refractivity contribution in [3.8, 4) is 6.07 Å². The number of aromatic nitrogens is 2. The lowest BCUT2D eigenvalue weighted by molar-refractivity contribution is -0.195. The van der Waals surface area contributed by atoms with Crippen molar-refractivity contribution in [2.45, 2.75) is 23.8 Å². The molecule has 2 rings (SSSR count). The van der Waals surface area contributed by atoms with Crippen LogP contribution in [-0.2, 0) is 10.5 Å².